The highest BCUT2D eigenvalue weighted by Crippen LogP contribution is 2.22. The van der Waals surface area contributed by atoms with Gasteiger partial charge < -0.3 is 10.0 Å². The zero-order chi connectivity index (χ0) is 12.5. The van der Waals surface area contributed by atoms with Crippen LogP contribution in [-0.4, -0.2) is 42.7 Å². The summed E-state index contributed by atoms with van der Waals surface area (Å²) in [5.41, 5.74) is 0. The maximum Gasteiger partial charge on any atom is 0.349 e. The van der Waals surface area contributed by atoms with E-state index in [9.17, 15) is 13.2 Å². The van der Waals surface area contributed by atoms with Crippen LogP contribution in [0.5, 0.6) is 0 Å². The van der Waals surface area contributed by atoms with Crippen molar-refractivity contribution in [2.75, 3.05) is 13.1 Å². The SMILES string of the molecule is O=C(O)C1=CN=C(N2CCCCCC2)S1(=O)=O. The van der Waals surface area contributed by atoms with Gasteiger partial charge in [-0.2, -0.15) is 0 Å². The molecule has 1 N–H and O–H groups in total. The average Bonchev–Trinajstić information content (AvgIpc) is 2.46. The molecule has 0 amide bonds. The molecule has 7 heteroatoms. The molecule has 2 heterocycles. The van der Waals surface area contributed by atoms with Gasteiger partial charge in [0.05, 0.1) is 6.20 Å². The minimum Gasteiger partial charge on any atom is -0.477 e. The molecule has 0 spiro atoms. The molecule has 94 valence electrons. The molecule has 0 atom stereocenters. The van der Waals surface area contributed by atoms with Crippen LogP contribution in [0.1, 0.15) is 25.7 Å². The number of nitrogens with zero attached hydrogens (tertiary/aromatic N) is 2. The fourth-order valence-corrected chi connectivity index (χ4v) is 3.37. The third-order valence-electron chi connectivity index (χ3n) is 2.91. The molecule has 17 heavy (non-hydrogen) atoms. The molecule has 0 aromatic heterocycles. The van der Waals surface area contributed by atoms with E-state index in [2.05, 4.69) is 4.99 Å². The molecule has 0 aliphatic carbocycles. The van der Waals surface area contributed by atoms with Crippen molar-refractivity contribution >= 4 is 21.0 Å². The van der Waals surface area contributed by atoms with Gasteiger partial charge in [-0.15, -0.1) is 0 Å². The van der Waals surface area contributed by atoms with E-state index in [-0.39, 0.29) is 5.17 Å². The molecule has 2 rings (SSSR count). The monoisotopic (exact) mass is 258 g/mol. The Morgan fingerprint density at radius 3 is 2.29 bits per heavy atom. The van der Waals surface area contributed by atoms with Crippen LogP contribution in [0.3, 0.4) is 0 Å². The Labute approximate surface area is 99.6 Å². The summed E-state index contributed by atoms with van der Waals surface area (Å²) in [6, 6.07) is 0. The molecular formula is C10H14N2O4S. The molecule has 2 aliphatic heterocycles. The van der Waals surface area contributed by atoms with E-state index >= 15 is 0 Å². The smallest absolute Gasteiger partial charge is 0.349 e. The summed E-state index contributed by atoms with van der Waals surface area (Å²) in [6.45, 7) is 1.25. The second kappa shape index (κ2) is 4.48. The van der Waals surface area contributed by atoms with Crippen molar-refractivity contribution < 1.29 is 18.3 Å². The molecule has 2 aliphatic rings. The quantitative estimate of drug-likeness (QED) is 0.743. The molecule has 0 bridgehead atoms. The summed E-state index contributed by atoms with van der Waals surface area (Å²) in [6.07, 6.45) is 4.90. The Hall–Kier alpha value is -1.37. The summed E-state index contributed by atoms with van der Waals surface area (Å²) >= 11 is 0. The number of sulfone groups is 1. The van der Waals surface area contributed by atoms with Gasteiger partial charge in [-0.3, -0.25) is 0 Å². The van der Waals surface area contributed by atoms with Gasteiger partial charge >= 0.3 is 5.97 Å². The van der Waals surface area contributed by atoms with Crippen molar-refractivity contribution in [2.45, 2.75) is 25.7 Å². The number of likely N-dealkylation sites (tertiary alicyclic amines) is 1. The third kappa shape index (κ3) is 2.19. The van der Waals surface area contributed by atoms with Crippen LogP contribution in [0, 0.1) is 0 Å². The summed E-state index contributed by atoms with van der Waals surface area (Å²) in [5, 5.41) is 8.68. The van der Waals surface area contributed by atoms with E-state index in [1.807, 2.05) is 0 Å². The number of carboxylic acids is 1. The minimum atomic E-state index is -3.91. The number of hydrogen-bond donors (Lipinski definition) is 1. The number of hydrogen-bond acceptors (Lipinski definition) is 5. The van der Waals surface area contributed by atoms with Gasteiger partial charge in [0.15, 0.2) is 4.91 Å². The Kier molecular flexibility index (Phi) is 3.19. The maximum atomic E-state index is 11.9. The Morgan fingerprint density at radius 1 is 1.24 bits per heavy atom. The van der Waals surface area contributed by atoms with Crippen LogP contribution in [0.2, 0.25) is 0 Å². The fraction of sp³-hybridized carbons (Fsp3) is 0.600. The molecule has 0 unspecified atom stereocenters. The summed E-state index contributed by atoms with van der Waals surface area (Å²) < 4.78 is 23.8. The molecule has 1 saturated heterocycles. The van der Waals surface area contributed by atoms with Crippen LogP contribution in [0.15, 0.2) is 16.1 Å². The van der Waals surface area contributed by atoms with Gasteiger partial charge in [0.2, 0.25) is 15.0 Å². The van der Waals surface area contributed by atoms with Crippen molar-refractivity contribution in [1.82, 2.24) is 4.90 Å². The highest BCUT2D eigenvalue weighted by Gasteiger charge is 2.37. The summed E-state index contributed by atoms with van der Waals surface area (Å²) in [7, 11) is -3.91. The lowest BCUT2D eigenvalue weighted by Gasteiger charge is -2.21. The molecule has 0 radical (unpaired) electrons. The standard InChI is InChI=1S/C10H14N2O4S/c13-9(14)8-7-11-10(17(8,15)16)12-5-3-1-2-4-6-12/h7H,1-6H2,(H,13,14). The zero-order valence-electron chi connectivity index (χ0n) is 9.29. The normalized spacial score (nSPS) is 23.9. The number of aliphatic carboxylic acids is 1. The lowest BCUT2D eigenvalue weighted by molar-refractivity contribution is -0.131. The number of carboxylic acid groups (broad SMARTS) is 1. The van der Waals surface area contributed by atoms with Crippen molar-refractivity contribution in [1.29, 1.82) is 0 Å². The number of aliphatic imine (C=N–C) groups is 1. The van der Waals surface area contributed by atoms with Crippen LogP contribution in [0.4, 0.5) is 0 Å². The number of carbonyl (C=O) groups is 1. The molecule has 0 aromatic rings. The molecular weight excluding hydrogens is 244 g/mol. The molecule has 0 saturated carbocycles. The predicted molar refractivity (Wildman–Crippen MR) is 62.1 cm³/mol. The first kappa shape index (κ1) is 12.1. The molecule has 1 fully saturated rings. The van der Waals surface area contributed by atoms with Crippen LogP contribution in [0.25, 0.3) is 0 Å². The van der Waals surface area contributed by atoms with Gasteiger partial charge in [0, 0.05) is 13.1 Å². The lowest BCUT2D eigenvalue weighted by atomic mass is 10.2. The average molecular weight is 258 g/mol. The van der Waals surface area contributed by atoms with Crippen molar-refractivity contribution in [3.05, 3.63) is 11.1 Å². The highest BCUT2D eigenvalue weighted by molar-refractivity contribution is 8.10. The third-order valence-corrected chi connectivity index (χ3v) is 4.61. The first-order valence-electron chi connectivity index (χ1n) is 5.55. The first-order valence-corrected chi connectivity index (χ1v) is 7.03. The topological polar surface area (TPSA) is 87.0 Å². The number of rotatable bonds is 1. The van der Waals surface area contributed by atoms with E-state index in [0.717, 1.165) is 31.9 Å². The summed E-state index contributed by atoms with van der Waals surface area (Å²) in [5.74, 6) is -1.45. The van der Waals surface area contributed by atoms with Crippen molar-refractivity contribution in [3.63, 3.8) is 0 Å². The largest absolute Gasteiger partial charge is 0.477 e. The number of amidine groups is 1. The van der Waals surface area contributed by atoms with Crippen molar-refractivity contribution in [3.8, 4) is 0 Å². The molecule has 0 aromatic carbocycles. The highest BCUT2D eigenvalue weighted by atomic mass is 32.2. The summed E-state index contributed by atoms with van der Waals surface area (Å²) in [4.78, 5) is 15.6. The fourth-order valence-electron chi connectivity index (χ4n) is 2.03. The Bertz CT molecular complexity index is 484. The second-order valence-electron chi connectivity index (χ2n) is 4.11. The van der Waals surface area contributed by atoms with Gasteiger partial charge in [-0.1, -0.05) is 12.8 Å². The maximum absolute atomic E-state index is 11.9. The Balaban J connectivity index is 2.23. The van der Waals surface area contributed by atoms with Crippen molar-refractivity contribution in [2.24, 2.45) is 4.99 Å². The van der Waals surface area contributed by atoms with Gasteiger partial charge in [-0.25, -0.2) is 18.2 Å². The van der Waals surface area contributed by atoms with Gasteiger partial charge in [0.25, 0.3) is 0 Å². The first-order chi connectivity index (χ1) is 8.03. The van der Waals surface area contributed by atoms with Crippen LogP contribution < -0.4 is 0 Å². The predicted octanol–water partition coefficient (Wildman–Crippen LogP) is 0.573. The minimum absolute atomic E-state index is 0.100. The molecule has 6 nitrogen and oxygen atoms in total. The van der Waals surface area contributed by atoms with Crippen LogP contribution in [-0.2, 0) is 14.6 Å². The van der Waals surface area contributed by atoms with E-state index < -0.39 is 20.7 Å². The second-order valence-corrected chi connectivity index (χ2v) is 5.93. The van der Waals surface area contributed by atoms with E-state index in [0.29, 0.717) is 13.1 Å². The van der Waals surface area contributed by atoms with E-state index in [4.69, 9.17) is 5.11 Å². The van der Waals surface area contributed by atoms with Crippen LogP contribution >= 0.6 is 0 Å². The zero-order valence-corrected chi connectivity index (χ0v) is 10.1. The lowest BCUT2D eigenvalue weighted by Crippen LogP contribution is -2.37. The van der Waals surface area contributed by atoms with E-state index in [1.54, 1.807) is 4.90 Å². The van der Waals surface area contributed by atoms with Gasteiger partial charge in [0.1, 0.15) is 0 Å². The Morgan fingerprint density at radius 2 is 1.82 bits per heavy atom. The van der Waals surface area contributed by atoms with E-state index in [1.165, 1.54) is 0 Å². The van der Waals surface area contributed by atoms with Gasteiger partial charge in [-0.05, 0) is 12.8 Å².